The van der Waals surface area contributed by atoms with Gasteiger partial charge in [-0.25, -0.2) is 9.98 Å². The van der Waals surface area contributed by atoms with Gasteiger partial charge < -0.3 is 20.7 Å². The molecule has 24 heavy (non-hydrogen) atoms. The summed E-state index contributed by atoms with van der Waals surface area (Å²) in [7, 11) is 4.02. The van der Waals surface area contributed by atoms with Crippen molar-refractivity contribution in [2.45, 2.75) is 13.0 Å². The molecule has 2 heterocycles. The monoisotopic (exact) mass is 347 g/mol. The Bertz CT molecular complexity index is 628. The molecular weight excluding hydrogens is 322 g/mol. The topological polar surface area (TPSA) is 75.8 Å². The van der Waals surface area contributed by atoms with Crippen LogP contribution in [0.4, 0.5) is 0 Å². The summed E-state index contributed by atoms with van der Waals surface area (Å²) < 4.78 is 5.62. The van der Waals surface area contributed by atoms with Gasteiger partial charge >= 0.3 is 0 Å². The Hall–Kier alpha value is -2.12. The lowest BCUT2D eigenvalue weighted by Gasteiger charge is -2.10. The number of pyridine rings is 1. The van der Waals surface area contributed by atoms with Crippen molar-refractivity contribution in [3.8, 4) is 5.88 Å². The minimum absolute atomic E-state index is 0.457. The number of nitrogens with two attached hydrogens (primary N) is 1. The molecule has 0 fully saturated rings. The van der Waals surface area contributed by atoms with E-state index in [1.165, 1.54) is 4.88 Å². The lowest BCUT2D eigenvalue weighted by Crippen LogP contribution is -2.33. The van der Waals surface area contributed by atoms with Gasteiger partial charge in [-0.2, -0.15) is 0 Å². The Kier molecular flexibility index (Phi) is 7.51. The molecule has 3 N–H and O–H groups in total. The van der Waals surface area contributed by atoms with Crippen molar-refractivity contribution < 1.29 is 4.74 Å². The van der Waals surface area contributed by atoms with Crippen LogP contribution in [0, 0.1) is 0 Å². The zero-order valence-corrected chi connectivity index (χ0v) is 15.1. The highest BCUT2D eigenvalue weighted by molar-refractivity contribution is 7.09. The Labute approximate surface area is 147 Å². The lowest BCUT2D eigenvalue weighted by atomic mass is 10.3. The maximum atomic E-state index is 5.90. The van der Waals surface area contributed by atoms with Gasteiger partial charge in [0.1, 0.15) is 6.61 Å². The normalized spacial score (nSPS) is 11.7. The van der Waals surface area contributed by atoms with Crippen LogP contribution in [-0.2, 0) is 13.0 Å². The Balaban J connectivity index is 1.75. The minimum atomic E-state index is 0.457. The molecule has 0 saturated carbocycles. The molecule has 0 radical (unpaired) electrons. The van der Waals surface area contributed by atoms with E-state index < -0.39 is 0 Å². The van der Waals surface area contributed by atoms with Crippen molar-refractivity contribution in [1.82, 2.24) is 15.2 Å². The molecule has 0 saturated heterocycles. The summed E-state index contributed by atoms with van der Waals surface area (Å²) in [5.74, 6) is 1.08. The van der Waals surface area contributed by atoms with Gasteiger partial charge in [0, 0.05) is 30.2 Å². The molecule has 2 aromatic rings. The van der Waals surface area contributed by atoms with E-state index in [0.717, 1.165) is 25.1 Å². The van der Waals surface area contributed by atoms with Gasteiger partial charge in [-0.1, -0.05) is 6.07 Å². The summed E-state index contributed by atoms with van der Waals surface area (Å²) in [6, 6.07) is 7.99. The second-order valence-electron chi connectivity index (χ2n) is 5.61. The molecule has 6 nitrogen and oxygen atoms in total. The Morgan fingerprint density at radius 2 is 2.29 bits per heavy atom. The molecule has 0 aliphatic heterocycles. The number of nitrogens with zero attached hydrogens (tertiary/aromatic N) is 3. The highest BCUT2D eigenvalue weighted by Crippen LogP contribution is 2.10. The average Bonchev–Trinajstić information content (AvgIpc) is 3.06. The number of likely N-dealkylation sites (N-methyl/N-ethyl adjacent to an activating group) is 1. The van der Waals surface area contributed by atoms with Crippen molar-refractivity contribution >= 4 is 17.3 Å². The summed E-state index contributed by atoms with van der Waals surface area (Å²) in [6.45, 7) is 2.75. The van der Waals surface area contributed by atoms with Crippen molar-refractivity contribution in [3.05, 3.63) is 46.3 Å². The molecule has 0 aromatic carbocycles. The number of hydrogen-bond acceptors (Lipinski definition) is 5. The third-order valence-electron chi connectivity index (χ3n) is 3.28. The number of hydrogen-bond donors (Lipinski definition) is 2. The van der Waals surface area contributed by atoms with Gasteiger partial charge in [-0.3, -0.25) is 0 Å². The fraction of sp³-hybridized carbons (Fsp3) is 0.412. The van der Waals surface area contributed by atoms with Gasteiger partial charge in [0.25, 0.3) is 0 Å². The number of guanidine groups is 1. The molecular formula is C17H25N5OS. The van der Waals surface area contributed by atoms with Crippen LogP contribution in [0.1, 0.15) is 10.4 Å². The molecule has 0 unspecified atom stereocenters. The molecule has 0 aliphatic rings. The van der Waals surface area contributed by atoms with Crippen LogP contribution in [0.15, 0.2) is 40.8 Å². The minimum Gasteiger partial charge on any atom is -0.476 e. The first-order valence-corrected chi connectivity index (χ1v) is 8.80. The van der Waals surface area contributed by atoms with Crippen LogP contribution in [-0.4, -0.2) is 49.6 Å². The third kappa shape index (κ3) is 6.97. The maximum Gasteiger partial charge on any atom is 0.213 e. The first-order chi connectivity index (χ1) is 11.6. The number of nitrogens with one attached hydrogen (secondary N) is 1. The lowest BCUT2D eigenvalue weighted by molar-refractivity contribution is 0.253. The van der Waals surface area contributed by atoms with E-state index >= 15 is 0 Å². The molecule has 0 spiro atoms. The van der Waals surface area contributed by atoms with Crippen molar-refractivity contribution in [2.24, 2.45) is 10.7 Å². The quantitative estimate of drug-likeness (QED) is 0.534. The van der Waals surface area contributed by atoms with E-state index in [-0.39, 0.29) is 0 Å². The number of aromatic nitrogens is 1. The van der Waals surface area contributed by atoms with Crippen LogP contribution < -0.4 is 15.8 Å². The van der Waals surface area contributed by atoms with E-state index in [1.807, 2.05) is 26.2 Å². The third-order valence-corrected chi connectivity index (χ3v) is 4.21. The first kappa shape index (κ1) is 18.2. The van der Waals surface area contributed by atoms with Gasteiger partial charge in [0.15, 0.2) is 5.96 Å². The average molecular weight is 347 g/mol. The van der Waals surface area contributed by atoms with E-state index in [9.17, 15) is 0 Å². The second kappa shape index (κ2) is 9.89. The van der Waals surface area contributed by atoms with Crippen molar-refractivity contribution in [1.29, 1.82) is 0 Å². The fourth-order valence-electron chi connectivity index (χ4n) is 1.96. The van der Waals surface area contributed by atoms with Crippen LogP contribution in [0.2, 0.25) is 0 Å². The van der Waals surface area contributed by atoms with Crippen LogP contribution >= 0.6 is 11.3 Å². The summed E-state index contributed by atoms with van der Waals surface area (Å²) in [6.07, 6.45) is 2.68. The SMILES string of the molecule is CN(C)CCOc1cc(CN=C(N)NCCc2cccs2)ccn1. The molecule has 0 bridgehead atoms. The van der Waals surface area contributed by atoms with E-state index in [4.69, 9.17) is 10.5 Å². The highest BCUT2D eigenvalue weighted by Gasteiger charge is 2.00. The summed E-state index contributed by atoms with van der Waals surface area (Å²) >= 11 is 1.75. The predicted octanol–water partition coefficient (Wildman–Crippen LogP) is 1.73. The Morgan fingerprint density at radius 1 is 1.42 bits per heavy atom. The van der Waals surface area contributed by atoms with Gasteiger partial charge in [-0.15, -0.1) is 11.3 Å². The smallest absolute Gasteiger partial charge is 0.213 e. The van der Waals surface area contributed by atoms with Gasteiger partial charge in [0.2, 0.25) is 5.88 Å². The second-order valence-corrected chi connectivity index (χ2v) is 6.64. The molecule has 0 aliphatic carbocycles. The zero-order chi connectivity index (χ0) is 17.2. The first-order valence-electron chi connectivity index (χ1n) is 7.92. The molecule has 2 rings (SSSR count). The zero-order valence-electron chi connectivity index (χ0n) is 14.2. The van der Waals surface area contributed by atoms with Crippen LogP contribution in [0.5, 0.6) is 5.88 Å². The standard InChI is InChI=1S/C17H25N5OS/c1-22(2)9-10-23-16-12-14(5-7-19-16)13-21-17(18)20-8-6-15-4-3-11-24-15/h3-5,7,11-12H,6,8-10,13H2,1-2H3,(H3,18,20,21). The van der Waals surface area contributed by atoms with E-state index in [0.29, 0.717) is 25.0 Å². The summed E-state index contributed by atoms with van der Waals surface area (Å²) in [5.41, 5.74) is 6.92. The van der Waals surface area contributed by atoms with Gasteiger partial charge in [0.05, 0.1) is 6.54 Å². The Morgan fingerprint density at radius 3 is 3.04 bits per heavy atom. The number of ether oxygens (including phenoxy) is 1. The van der Waals surface area contributed by atoms with E-state index in [1.54, 1.807) is 17.5 Å². The molecule has 130 valence electrons. The summed E-state index contributed by atoms with van der Waals surface area (Å²) in [5, 5.41) is 5.21. The molecule has 2 aromatic heterocycles. The largest absolute Gasteiger partial charge is 0.476 e. The van der Waals surface area contributed by atoms with Crippen molar-refractivity contribution in [2.75, 3.05) is 33.8 Å². The van der Waals surface area contributed by atoms with Crippen LogP contribution in [0.25, 0.3) is 0 Å². The predicted molar refractivity (Wildman–Crippen MR) is 99.6 cm³/mol. The number of aliphatic imine (C=N–C) groups is 1. The van der Waals surface area contributed by atoms with Gasteiger partial charge in [-0.05, 0) is 43.6 Å². The molecule has 0 atom stereocenters. The maximum absolute atomic E-state index is 5.90. The summed E-state index contributed by atoms with van der Waals surface area (Å²) in [4.78, 5) is 12.0. The highest BCUT2D eigenvalue weighted by atomic mass is 32.1. The number of thiophene rings is 1. The molecule has 0 amide bonds. The van der Waals surface area contributed by atoms with E-state index in [2.05, 4.69) is 37.7 Å². The number of rotatable bonds is 9. The fourth-order valence-corrected chi connectivity index (χ4v) is 2.67. The van der Waals surface area contributed by atoms with Crippen molar-refractivity contribution in [3.63, 3.8) is 0 Å². The van der Waals surface area contributed by atoms with Crippen LogP contribution in [0.3, 0.4) is 0 Å². The molecule has 7 heteroatoms.